The number of benzene rings is 1. The van der Waals surface area contributed by atoms with Crippen LogP contribution in [0.5, 0.6) is 0 Å². The molecule has 3 N–H and O–H groups in total. The highest BCUT2D eigenvalue weighted by Gasteiger charge is 2.18. The van der Waals surface area contributed by atoms with Crippen molar-refractivity contribution >= 4 is 23.4 Å². The van der Waals surface area contributed by atoms with E-state index in [1.54, 1.807) is 29.2 Å². The zero-order valence-corrected chi connectivity index (χ0v) is 14.7. The van der Waals surface area contributed by atoms with Crippen molar-refractivity contribution in [2.24, 2.45) is 7.05 Å². The lowest BCUT2D eigenvalue weighted by Crippen LogP contribution is -2.29. The Kier molecular flexibility index (Phi) is 7.08. The van der Waals surface area contributed by atoms with Gasteiger partial charge in [-0.25, -0.2) is 9.36 Å². The van der Waals surface area contributed by atoms with E-state index < -0.39 is 11.0 Å². The number of nitrogens with one attached hydrogen (secondary N) is 1. The molecule has 11 heteroatoms. The molecular formula is C16H21N5O6. The highest BCUT2D eigenvalue weighted by atomic mass is 16.6. The third-order valence-electron chi connectivity index (χ3n) is 3.79. The summed E-state index contributed by atoms with van der Waals surface area (Å²) in [6, 6.07) is 6.80. The molecule has 0 bridgehead atoms. The summed E-state index contributed by atoms with van der Waals surface area (Å²) >= 11 is 0. The number of ether oxygens (including phenoxy) is 1. The monoisotopic (exact) mass is 379 g/mol. The SMILES string of the molecule is Cn1c(COC(=O)Nc2ccc(N(CCO)CCO)cc2)cnc1[N+](=O)[O-]. The molecule has 27 heavy (non-hydrogen) atoms. The normalized spacial score (nSPS) is 10.5. The molecule has 0 saturated carbocycles. The van der Waals surface area contributed by atoms with Crippen LogP contribution in [0.2, 0.25) is 0 Å². The van der Waals surface area contributed by atoms with E-state index in [9.17, 15) is 14.9 Å². The van der Waals surface area contributed by atoms with Crippen molar-refractivity contribution in [3.05, 3.63) is 46.3 Å². The van der Waals surface area contributed by atoms with E-state index in [2.05, 4.69) is 10.3 Å². The summed E-state index contributed by atoms with van der Waals surface area (Å²) < 4.78 is 6.29. The summed E-state index contributed by atoms with van der Waals surface area (Å²) in [5, 5.41) is 31.4. The number of aliphatic hydroxyl groups excluding tert-OH is 2. The van der Waals surface area contributed by atoms with Crippen LogP contribution in [-0.4, -0.2) is 57.1 Å². The first-order chi connectivity index (χ1) is 13.0. The number of nitro groups is 1. The van der Waals surface area contributed by atoms with Gasteiger partial charge in [0.2, 0.25) is 0 Å². The molecule has 0 atom stereocenters. The summed E-state index contributed by atoms with van der Waals surface area (Å²) in [5.74, 6) is -0.333. The van der Waals surface area contributed by atoms with Gasteiger partial charge >= 0.3 is 12.0 Å². The number of nitrogens with zero attached hydrogens (tertiary/aromatic N) is 4. The second-order valence-electron chi connectivity index (χ2n) is 5.55. The van der Waals surface area contributed by atoms with Crippen molar-refractivity contribution in [1.82, 2.24) is 9.55 Å². The van der Waals surface area contributed by atoms with Crippen molar-refractivity contribution in [2.75, 3.05) is 36.5 Å². The summed E-state index contributed by atoms with van der Waals surface area (Å²) in [6.07, 6.45) is 0.561. The van der Waals surface area contributed by atoms with E-state index in [1.807, 2.05) is 0 Å². The number of anilines is 2. The quantitative estimate of drug-likeness (QED) is 0.430. The zero-order chi connectivity index (χ0) is 19.8. The fourth-order valence-electron chi connectivity index (χ4n) is 2.40. The number of rotatable bonds is 9. The van der Waals surface area contributed by atoms with Crippen molar-refractivity contribution < 1.29 is 24.7 Å². The molecule has 0 fully saturated rings. The Morgan fingerprint density at radius 2 is 1.93 bits per heavy atom. The van der Waals surface area contributed by atoms with E-state index in [-0.39, 0.29) is 25.8 Å². The van der Waals surface area contributed by atoms with E-state index in [4.69, 9.17) is 14.9 Å². The van der Waals surface area contributed by atoms with Gasteiger partial charge in [0.25, 0.3) is 0 Å². The van der Waals surface area contributed by atoms with Crippen molar-refractivity contribution in [3.8, 4) is 0 Å². The number of aromatic nitrogens is 2. The summed E-state index contributed by atoms with van der Waals surface area (Å²) in [4.78, 5) is 27.5. The average molecular weight is 379 g/mol. The Balaban J connectivity index is 1.91. The lowest BCUT2D eigenvalue weighted by Gasteiger charge is -2.23. The molecule has 0 unspecified atom stereocenters. The largest absolute Gasteiger partial charge is 0.441 e. The molecule has 2 aromatic rings. The molecule has 0 spiro atoms. The van der Waals surface area contributed by atoms with Crippen LogP contribution in [0.3, 0.4) is 0 Å². The van der Waals surface area contributed by atoms with Crippen molar-refractivity contribution in [3.63, 3.8) is 0 Å². The van der Waals surface area contributed by atoms with Crippen LogP contribution in [0.4, 0.5) is 22.1 Å². The molecule has 0 aliphatic rings. The van der Waals surface area contributed by atoms with Gasteiger partial charge in [-0.1, -0.05) is 4.98 Å². The van der Waals surface area contributed by atoms with Crippen LogP contribution < -0.4 is 10.2 Å². The van der Waals surface area contributed by atoms with E-state index in [1.165, 1.54) is 17.8 Å². The third-order valence-corrected chi connectivity index (χ3v) is 3.79. The Morgan fingerprint density at radius 1 is 1.30 bits per heavy atom. The van der Waals surface area contributed by atoms with Gasteiger partial charge in [0, 0.05) is 24.5 Å². The van der Waals surface area contributed by atoms with Crippen molar-refractivity contribution in [2.45, 2.75) is 6.61 Å². The molecular weight excluding hydrogens is 358 g/mol. The van der Waals surface area contributed by atoms with E-state index in [0.29, 0.717) is 24.5 Å². The van der Waals surface area contributed by atoms with Gasteiger partial charge in [-0.05, 0) is 29.2 Å². The summed E-state index contributed by atoms with van der Waals surface area (Å²) in [7, 11) is 1.46. The van der Waals surface area contributed by atoms with Gasteiger partial charge in [0.15, 0.2) is 12.3 Å². The predicted octanol–water partition coefficient (Wildman–Crippen LogP) is 0.868. The van der Waals surface area contributed by atoms with Crippen molar-refractivity contribution in [1.29, 1.82) is 0 Å². The van der Waals surface area contributed by atoms with Crippen LogP contribution in [0, 0.1) is 10.1 Å². The molecule has 1 aromatic heterocycles. The smallest absolute Gasteiger partial charge is 0.434 e. The molecule has 0 aliphatic carbocycles. The van der Waals surface area contributed by atoms with Gasteiger partial charge in [-0.3, -0.25) is 5.32 Å². The molecule has 2 rings (SSSR count). The maximum Gasteiger partial charge on any atom is 0.434 e. The molecule has 146 valence electrons. The molecule has 1 aromatic carbocycles. The van der Waals surface area contributed by atoms with Gasteiger partial charge in [-0.2, -0.15) is 0 Å². The van der Waals surface area contributed by atoms with Crippen LogP contribution >= 0.6 is 0 Å². The molecule has 0 saturated heterocycles. The highest BCUT2D eigenvalue weighted by Crippen LogP contribution is 2.18. The topological polar surface area (TPSA) is 143 Å². The molecule has 0 radical (unpaired) electrons. The minimum atomic E-state index is -0.714. The van der Waals surface area contributed by atoms with Gasteiger partial charge in [-0.15, -0.1) is 0 Å². The van der Waals surface area contributed by atoms with E-state index in [0.717, 1.165) is 5.69 Å². The Bertz CT molecular complexity index is 770. The van der Waals surface area contributed by atoms with Gasteiger partial charge < -0.3 is 30.0 Å². The minimum absolute atomic E-state index is 0.0432. The summed E-state index contributed by atoms with van der Waals surface area (Å²) in [5.41, 5.74) is 1.67. The van der Waals surface area contributed by atoms with Crippen LogP contribution in [-0.2, 0) is 18.4 Å². The van der Waals surface area contributed by atoms with Crippen LogP contribution in [0.15, 0.2) is 30.5 Å². The number of hydrogen-bond donors (Lipinski definition) is 3. The maximum absolute atomic E-state index is 11.9. The van der Waals surface area contributed by atoms with Gasteiger partial charge in [0.05, 0.1) is 20.3 Å². The second kappa shape index (κ2) is 9.50. The number of hydrogen-bond acceptors (Lipinski definition) is 8. The number of amides is 1. The highest BCUT2D eigenvalue weighted by molar-refractivity contribution is 5.84. The Morgan fingerprint density at radius 3 is 2.44 bits per heavy atom. The fraction of sp³-hybridized carbons (Fsp3) is 0.375. The first-order valence-corrected chi connectivity index (χ1v) is 8.11. The number of carbonyl (C=O) groups excluding carboxylic acids is 1. The van der Waals surface area contributed by atoms with Gasteiger partial charge in [0.1, 0.15) is 6.20 Å². The first-order valence-electron chi connectivity index (χ1n) is 8.11. The molecule has 1 amide bonds. The molecule has 0 aliphatic heterocycles. The minimum Gasteiger partial charge on any atom is -0.441 e. The molecule has 1 heterocycles. The third kappa shape index (κ3) is 5.39. The van der Waals surface area contributed by atoms with E-state index >= 15 is 0 Å². The number of carbonyl (C=O) groups is 1. The lowest BCUT2D eigenvalue weighted by molar-refractivity contribution is -0.396. The number of aliphatic hydroxyl groups is 2. The Labute approximate surface area is 155 Å². The summed E-state index contributed by atoms with van der Waals surface area (Å²) in [6.45, 7) is 0.511. The first kappa shape index (κ1) is 20.1. The zero-order valence-electron chi connectivity index (χ0n) is 14.7. The predicted molar refractivity (Wildman–Crippen MR) is 96.5 cm³/mol. The standard InChI is InChI=1S/C16H21N5O6/c1-19-14(10-17-15(19)21(25)26)11-27-16(24)18-12-2-4-13(5-3-12)20(6-8-22)7-9-23/h2-5,10,22-23H,6-9,11H2,1H3,(H,18,24). The lowest BCUT2D eigenvalue weighted by atomic mass is 10.2. The van der Waals surface area contributed by atoms with Crippen LogP contribution in [0.1, 0.15) is 5.69 Å². The maximum atomic E-state index is 11.9. The number of imidazole rings is 1. The van der Waals surface area contributed by atoms with Crippen LogP contribution in [0.25, 0.3) is 0 Å². The second-order valence-corrected chi connectivity index (χ2v) is 5.55. The molecule has 11 nitrogen and oxygen atoms in total. The average Bonchev–Trinajstić information content (AvgIpc) is 3.01. The Hall–Kier alpha value is -3.18. The fourth-order valence-corrected chi connectivity index (χ4v) is 2.40.